The zero-order valence-corrected chi connectivity index (χ0v) is 12.1. The molecule has 0 amide bonds. The molecular formula is C15H30N2O. The Labute approximate surface area is 112 Å². The Bertz CT molecular complexity index is 245. The average Bonchev–Trinajstić information content (AvgIpc) is 3.15. The molecule has 0 aromatic rings. The minimum Gasteiger partial charge on any atom is -0.394 e. The summed E-state index contributed by atoms with van der Waals surface area (Å²) in [6, 6.07) is 0.449. The molecule has 1 atom stereocenters. The molecule has 0 aromatic carbocycles. The van der Waals surface area contributed by atoms with E-state index in [1.54, 1.807) is 0 Å². The number of aliphatic hydroxyl groups is 1. The predicted molar refractivity (Wildman–Crippen MR) is 75.7 cm³/mol. The summed E-state index contributed by atoms with van der Waals surface area (Å²) < 4.78 is 0. The number of aliphatic hydroxyl groups excluding tert-OH is 1. The van der Waals surface area contributed by atoms with Gasteiger partial charge in [0, 0.05) is 12.6 Å². The van der Waals surface area contributed by atoms with Crippen LogP contribution in [-0.4, -0.2) is 47.8 Å². The van der Waals surface area contributed by atoms with Gasteiger partial charge in [0.2, 0.25) is 0 Å². The van der Waals surface area contributed by atoms with Crippen molar-refractivity contribution in [2.75, 3.05) is 26.2 Å². The van der Waals surface area contributed by atoms with Crippen molar-refractivity contribution in [2.45, 2.75) is 64.0 Å². The highest BCUT2D eigenvalue weighted by Gasteiger charge is 2.45. The summed E-state index contributed by atoms with van der Waals surface area (Å²) in [6.45, 7) is 8.13. The molecule has 0 spiro atoms. The SMILES string of the molecule is CC(C)NC(CO)(CN1CCCCCC1)C1CC1. The first kappa shape index (κ1) is 14.3. The van der Waals surface area contributed by atoms with Crippen LogP contribution in [0.2, 0.25) is 0 Å². The fourth-order valence-electron chi connectivity index (χ4n) is 3.42. The van der Waals surface area contributed by atoms with E-state index < -0.39 is 0 Å². The number of nitrogens with zero attached hydrogens (tertiary/aromatic N) is 1. The second kappa shape index (κ2) is 6.36. The van der Waals surface area contributed by atoms with Crippen molar-refractivity contribution in [1.29, 1.82) is 0 Å². The van der Waals surface area contributed by atoms with Gasteiger partial charge in [-0.05, 0) is 44.7 Å². The predicted octanol–water partition coefficient (Wildman–Crippen LogP) is 2.00. The van der Waals surface area contributed by atoms with E-state index in [1.165, 1.54) is 51.6 Å². The Morgan fingerprint density at radius 1 is 1.17 bits per heavy atom. The zero-order chi connectivity index (χ0) is 13.0. The van der Waals surface area contributed by atoms with Crippen LogP contribution in [0.5, 0.6) is 0 Å². The maximum atomic E-state index is 9.95. The van der Waals surface area contributed by atoms with Gasteiger partial charge in [-0.3, -0.25) is 0 Å². The molecule has 3 heteroatoms. The van der Waals surface area contributed by atoms with Gasteiger partial charge in [0.25, 0.3) is 0 Å². The van der Waals surface area contributed by atoms with E-state index in [9.17, 15) is 5.11 Å². The highest BCUT2D eigenvalue weighted by molar-refractivity contribution is 5.03. The Morgan fingerprint density at radius 3 is 2.22 bits per heavy atom. The molecule has 1 saturated carbocycles. The van der Waals surface area contributed by atoms with E-state index in [0.717, 1.165) is 6.54 Å². The smallest absolute Gasteiger partial charge is 0.0628 e. The lowest BCUT2D eigenvalue weighted by atomic mass is 9.92. The second-order valence-electron chi connectivity index (χ2n) is 6.58. The van der Waals surface area contributed by atoms with Gasteiger partial charge < -0.3 is 15.3 Å². The molecule has 3 nitrogen and oxygen atoms in total. The van der Waals surface area contributed by atoms with Crippen LogP contribution in [0.3, 0.4) is 0 Å². The first-order valence-corrected chi connectivity index (χ1v) is 7.77. The number of likely N-dealkylation sites (tertiary alicyclic amines) is 1. The third kappa shape index (κ3) is 3.69. The summed E-state index contributed by atoms with van der Waals surface area (Å²) in [5.74, 6) is 0.688. The van der Waals surface area contributed by atoms with Crippen LogP contribution >= 0.6 is 0 Å². The molecule has 2 fully saturated rings. The Hall–Kier alpha value is -0.120. The van der Waals surface area contributed by atoms with Gasteiger partial charge in [0.15, 0.2) is 0 Å². The summed E-state index contributed by atoms with van der Waals surface area (Å²) >= 11 is 0. The van der Waals surface area contributed by atoms with Crippen molar-refractivity contribution >= 4 is 0 Å². The normalized spacial score (nSPS) is 26.0. The summed E-state index contributed by atoms with van der Waals surface area (Å²) in [4.78, 5) is 2.58. The highest BCUT2D eigenvalue weighted by Crippen LogP contribution is 2.40. The van der Waals surface area contributed by atoms with Gasteiger partial charge in [-0.15, -0.1) is 0 Å². The van der Waals surface area contributed by atoms with E-state index in [1.807, 2.05) is 0 Å². The van der Waals surface area contributed by atoms with Crippen LogP contribution in [0.1, 0.15) is 52.4 Å². The summed E-state index contributed by atoms with van der Waals surface area (Å²) in [5, 5.41) is 13.6. The average molecular weight is 254 g/mol. The van der Waals surface area contributed by atoms with E-state index in [4.69, 9.17) is 0 Å². The highest BCUT2D eigenvalue weighted by atomic mass is 16.3. The number of rotatable bonds is 6. The van der Waals surface area contributed by atoms with Crippen molar-refractivity contribution in [3.63, 3.8) is 0 Å². The third-order valence-corrected chi connectivity index (χ3v) is 4.42. The quantitative estimate of drug-likeness (QED) is 0.761. The van der Waals surface area contributed by atoms with Crippen LogP contribution in [0, 0.1) is 5.92 Å². The summed E-state index contributed by atoms with van der Waals surface area (Å²) in [6.07, 6.45) is 7.98. The van der Waals surface area contributed by atoms with Gasteiger partial charge >= 0.3 is 0 Å². The molecule has 2 aliphatic rings. The van der Waals surface area contributed by atoms with Crippen molar-refractivity contribution in [1.82, 2.24) is 10.2 Å². The fourth-order valence-corrected chi connectivity index (χ4v) is 3.42. The first-order valence-electron chi connectivity index (χ1n) is 7.77. The Kier molecular flexibility index (Phi) is 5.05. The number of hydrogen-bond acceptors (Lipinski definition) is 3. The van der Waals surface area contributed by atoms with Crippen molar-refractivity contribution < 1.29 is 5.11 Å². The molecule has 0 bridgehead atoms. The molecule has 18 heavy (non-hydrogen) atoms. The molecule has 1 heterocycles. The van der Waals surface area contributed by atoms with Crippen LogP contribution in [0.25, 0.3) is 0 Å². The van der Waals surface area contributed by atoms with E-state index in [0.29, 0.717) is 12.0 Å². The Balaban J connectivity index is 1.98. The largest absolute Gasteiger partial charge is 0.394 e. The zero-order valence-electron chi connectivity index (χ0n) is 12.1. The van der Waals surface area contributed by atoms with Crippen LogP contribution in [0.15, 0.2) is 0 Å². The topological polar surface area (TPSA) is 35.5 Å². The van der Waals surface area contributed by atoms with Crippen molar-refractivity contribution in [3.05, 3.63) is 0 Å². The van der Waals surface area contributed by atoms with Crippen molar-refractivity contribution in [2.24, 2.45) is 5.92 Å². The minimum absolute atomic E-state index is 0.0431. The number of hydrogen-bond donors (Lipinski definition) is 2. The standard InChI is InChI=1S/C15H30N2O/c1-13(2)16-15(12-18,14-7-8-14)11-17-9-5-3-4-6-10-17/h13-14,16,18H,3-12H2,1-2H3. The van der Waals surface area contributed by atoms with Gasteiger partial charge in [-0.2, -0.15) is 0 Å². The molecule has 1 unspecified atom stereocenters. The summed E-state index contributed by atoms with van der Waals surface area (Å²) in [7, 11) is 0. The summed E-state index contributed by atoms with van der Waals surface area (Å²) in [5.41, 5.74) is -0.0431. The molecule has 106 valence electrons. The first-order chi connectivity index (χ1) is 8.66. The molecule has 1 aliphatic carbocycles. The van der Waals surface area contributed by atoms with E-state index in [2.05, 4.69) is 24.1 Å². The lowest BCUT2D eigenvalue weighted by Gasteiger charge is -2.39. The molecular weight excluding hydrogens is 224 g/mol. The maximum absolute atomic E-state index is 9.95. The molecule has 0 radical (unpaired) electrons. The van der Waals surface area contributed by atoms with Crippen molar-refractivity contribution in [3.8, 4) is 0 Å². The van der Waals surface area contributed by atoms with E-state index in [-0.39, 0.29) is 12.1 Å². The lowest BCUT2D eigenvalue weighted by molar-refractivity contribution is 0.0848. The van der Waals surface area contributed by atoms with Gasteiger partial charge in [-0.25, -0.2) is 0 Å². The third-order valence-electron chi connectivity index (χ3n) is 4.42. The molecule has 2 rings (SSSR count). The number of nitrogens with one attached hydrogen (secondary N) is 1. The van der Waals surface area contributed by atoms with Crippen LogP contribution < -0.4 is 5.32 Å². The van der Waals surface area contributed by atoms with Gasteiger partial charge in [0.05, 0.1) is 12.1 Å². The van der Waals surface area contributed by atoms with Crippen LogP contribution in [0.4, 0.5) is 0 Å². The second-order valence-corrected chi connectivity index (χ2v) is 6.58. The van der Waals surface area contributed by atoms with Crippen LogP contribution in [-0.2, 0) is 0 Å². The van der Waals surface area contributed by atoms with E-state index >= 15 is 0 Å². The minimum atomic E-state index is -0.0431. The van der Waals surface area contributed by atoms with Gasteiger partial charge in [0.1, 0.15) is 0 Å². The fraction of sp³-hybridized carbons (Fsp3) is 1.00. The lowest BCUT2D eigenvalue weighted by Crippen LogP contribution is -2.60. The molecule has 0 aromatic heterocycles. The monoisotopic (exact) mass is 254 g/mol. The molecule has 1 aliphatic heterocycles. The maximum Gasteiger partial charge on any atom is 0.0628 e. The van der Waals surface area contributed by atoms with Gasteiger partial charge in [-0.1, -0.05) is 26.7 Å². The molecule has 1 saturated heterocycles. The molecule has 2 N–H and O–H groups in total. The Morgan fingerprint density at radius 2 is 1.78 bits per heavy atom.